The topological polar surface area (TPSA) is 68.8 Å². The first-order valence-corrected chi connectivity index (χ1v) is 4.80. The Morgan fingerprint density at radius 3 is 3.00 bits per heavy atom. The maximum absolute atomic E-state index is 5.34. The third kappa shape index (κ3) is 1.82. The number of hydrogen-bond donors (Lipinski definition) is 2. The Morgan fingerprint density at radius 2 is 2.27 bits per heavy atom. The second kappa shape index (κ2) is 4.10. The molecule has 15 heavy (non-hydrogen) atoms. The van der Waals surface area contributed by atoms with Gasteiger partial charge in [-0.3, -0.25) is 15.5 Å². The normalized spacial score (nSPS) is 10.3. The fraction of sp³-hybridized carbons (Fsp3) is 0.200. The van der Waals surface area contributed by atoms with Crippen molar-refractivity contribution in [3.8, 4) is 11.4 Å². The van der Waals surface area contributed by atoms with Gasteiger partial charge in [-0.25, -0.2) is 0 Å². The second-order valence-electron chi connectivity index (χ2n) is 3.11. The van der Waals surface area contributed by atoms with Gasteiger partial charge in [-0.15, -0.1) is 0 Å². The van der Waals surface area contributed by atoms with Crippen molar-refractivity contribution >= 4 is 5.69 Å². The third-order valence-corrected chi connectivity index (χ3v) is 2.21. The van der Waals surface area contributed by atoms with Gasteiger partial charge in [-0.2, -0.15) is 5.10 Å². The minimum Gasteiger partial charge on any atom is -0.324 e. The van der Waals surface area contributed by atoms with Crippen molar-refractivity contribution in [2.45, 2.75) is 13.5 Å². The lowest BCUT2D eigenvalue weighted by molar-refractivity contribution is 0.665. The molecule has 0 unspecified atom stereocenters. The molecule has 0 aliphatic heterocycles. The molecule has 0 saturated heterocycles. The molecule has 2 rings (SSSR count). The maximum Gasteiger partial charge on any atom is 0.0903 e. The maximum atomic E-state index is 5.34. The molecule has 2 aromatic rings. The van der Waals surface area contributed by atoms with Gasteiger partial charge in [0.2, 0.25) is 0 Å². The Kier molecular flexibility index (Phi) is 2.64. The van der Waals surface area contributed by atoms with E-state index in [-0.39, 0.29) is 0 Å². The number of nitrogens with one attached hydrogen (secondary N) is 1. The van der Waals surface area contributed by atoms with Crippen molar-refractivity contribution < 1.29 is 0 Å². The molecule has 2 aromatic heterocycles. The molecule has 0 atom stereocenters. The number of anilines is 1. The van der Waals surface area contributed by atoms with Crippen LogP contribution in [0.25, 0.3) is 11.4 Å². The number of aryl methyl sites for hydroxylation is 1. The van der Waals surface area contributed by atoms with E-state index < -0.39 is 0 Å². The lowest BCUT2D eigenvalue weighted by atomic mass is 10.2. The lowest BCUT2D eigenvalue weighted by Gasteiger charge is -2.05. The van der Waals surface area contributed by atoms with Crippen LogP contribution in [0.4, 0.5) is 5.69 Å². The van der Waals surface area contributed by atoms with E-state index in [2.05, 4.69) is 15.5 Å². The van der Waals surface area contributed by atoms with Gasteiger partial charge >= 0.3 is 0 Å². The summed E-state index contributed by atoms with van der Waals surface area (Å²) in [5, 5.41) is 4.19. The molecule has 5 heteroatoms. The summed E-state index contributed by atoms with van der Waals surface area (Å²) in [5.41, 5.74) is 5.29. The van der Waals surface area contributed by atoms with Crippen LogP contribution in [0.3, 0.4) is 0 Å². The zero-order valence-corrected chi connectivity index (χ0v) is 8.51. The van der Waals surface area contributed by atoms with Crippen LogP contribution in [-0.2, 0) is 6.54 Å². The van der Waals surface area contributed by atoms with Crippen LogP contribution >= 0.6 is 0 Å². The first-order chi connectivity index (χ1) is 7.35. The molecule has 0 saturated carbocycles. The molecular weight excluding hydrogens is 190 g/mol. The van der Waals surface area contributed by atoms with E-state index in [1.54, 1.807) is 12.4 Å². The van der Waals surface area contributed by atoms with Crippen LogP contribution in [0.15, 0.2) is 30.6 Å². The number of hydrazine groups is 1. The standard InChI is InChI=1S/C10H13N5/c1-2-15-10(4-6-13-15)9-7-8(14-11)3-5-12-9/h3-7H,2,11H2,1H3,(H,12,14). The minimum absolute atomic E-state index is 0.824. The number of nitrogens with zero attached hydrogens (tertiary/aromatic N) is 3. The zero-order chi connectivity index (χ0) is 10.7. The van der Waals surface area contributed by atoms with Crippen LogP contribution in [0.1, 0.15) is 6.92 Å². The average Bonchev–Trinajstić information content (AvgIpc) is 2.77. The number of nitrogens with two attached hydrogens (primary N) is 1. The summed E-state index contributed by atoms with van der Waals surface area (Å²) in [5.74, 6) is 5.34. The van der Waals surface area contributed by atoms with E-state index >= 15 is 0 Å². The lowest BCUT2D eigenvalue weighted by Crippen LogP contribution is -2.07. The Morgan fingerprint density at radius 1 is 1.40 bits per heavy atom. The van der Waals surface area contributed by atoms with E-state index in [0.29, 0.717) is 0 Å². The minimum atomic E-state index is 0.824. The first kappa shape index (κ1) is 9.67. The van der Waals surface area contributed by atoms with E-state index in [1.807, 2.05) is 29.8 Å². The van der Waals surface area contributed by atoms with Crippen LogP contribution in [0, 0.1) is 0 Å². The molecule has 0 amide bonds. The van der Waals surface area contributed by atoms with Crippen LogP contribution in [-0.4, -0.2) is 14.8 Å². The van der Waals surface area contributed by atoms with Crippen molar-refractivity contribution in [3.63, 3.8) is 0 Å². The fourth-order valence-electron chi connectivity index (χ4n) is 1.46. The molecule has 78 valence electrons. The highest BCUT2D eigenvalue weighted by Gasteiger charge is 2.05. The summed E-state index contributed by atoms with van der Waals surface area (Å²) >= 11 is 0. The van der Waals surface area contributed by atoms with Gasteiger partial charge in [0.15, 0.2) is 0 Å². The summed E-state index contributed by atoms with van der Waals surface area (Å²) in [6.45, 7) is 2.87. The highest BCUT2D eigenvalue weighted by atomic mass is 15.3. The van der Waals surface area contributed by atoms with Gasteiger partial charge < -0.3 is 5.43 Å². The van der Waals surface area contributed by atoms with Crippen molar-refractivity contribution in [2.24, 2.45) is 5.84 Å². The van der Waals surface area contributed by atoms with Crippen LogP contribution in [0.2, 0.25) is 0 Å². The summed E-state index contributed by atoms with van der Waals surface area (Å²) in [6.07, 6.45) is 3.49. The van der Waals surface area contributed by atoms with Gasteiger partial charge in [-0.1, -0.05) is 0 Å². The molecule has 0 radical (unpaired) electrons. The third-order valence-electron chi connectivity index (χ3n) is 2.21. The van der Waals surface area contributed by atoms with Gasteiger partial charge in [0.05, 0.1) is 17.1 Å². The first-order valence-electron chi connectivity index (χ1n) is 4.80. The van der Waals surface area contributed by atoms with E-state index in [0.717, 1.165) is 23.6 Å². The van der Waals surface area contributed by atoms with Gasteiger partial charge in [0.25, 0.3) is 0 Å². The van der Waals surface area contributed by atoms with Crippen molar-refractivity contribution in [3.05, 3.63) is 30.6 Å². The SMILES string of the molecule is CCn1nccc1-c1cc(NN)ccn1. The number of aromatic nitrogens is 3. The number of pyridine rings is 1. The van der Waals surface area contributed by atoms with Gasteiger partial charge in [-0.05, 0) is 25.1 Å². The summed E-state index contributed by atoms with van der Waals surface area (Å²) in [6, 6.07) is 5.64. The average molecular weight is 203 g/mol. The molecule has 2 heterocycles. The molecule has 0 aromatic carbocycles. The second-order valence-corrected chi connectivity index (χ2v) is 3.11. The Labute approximate surface area is 87.9 Å². The highest BCUT2D eigenvalue weighted by molar-refractivity contribution is 5.60. The fourth-order valence-corrected chi connectivity index (χ4v) is 1.46. The highest BCUT2D eigenvalue weighted by Crippen LogP contribution is 2.18. The molecule has 3 N–H and O–H groups in total. The molecule has 0 spiro atoms. The van der Waals surface area contributed by atoms with Crippen molar-refractivity contribution in [1.82, 2.24) is 14.8 Å². The quantitative estimate of drug-likeness (QED) is 0.582. The molecule has 0 fully saturated rings. The number of hydrogen-bond acceptors (Lipinski definition) is 4. The largest absolute Gasteiger partial charge is 0.324 e. The molecular formula is C10H13N5. The number of nitrogen functional groups attached to an aromatic ring is 1. The predicted octanol–water partition coefficient (Wildman–Crippen LogP) is 1.25. The van der Waals surface area contributed by atoms with Crippen LogP contribution < -0.4 is 11.3 Å². The molecule has 5 nitrogen and oxygen atoms in total. The van der Waals surface area contributed by atoms with Crippen molar-refractivity contribution in [2.75, 3.05) is 5.43 Å². The predicted molar refractivity (Wildman–Crippen MR) is 58.9 cm³/mol. The molecule has 0 aliphatic carbocycles. The Balaban J connectivity index is 2.44. The monoisotopic (exact) mass is 203 g/mol. The molecule has 0 aliphatic rings. The van der Waals surface area contributed by atoms with E-state index in [4.69, 9.17) is 5.84 Å². The summed E-state index contributed by atoms with van der Waals surface area (Å²) in [4.78, 5) is 4.28. The van der Waals surface area contributed by atoms with E-state index in [1.165, 1.54) is 0 Å². The Bertz CT molecular complexity index is 449. The Hall–Kier alpha value is -1.88. The van der Waals surface area contributed by atoms with E-state index in [9.17, 15) is 0 Å². The smallest absolute Gasteiger partial charge is 0.0903 e. The van der Waals surface area contributed by atoms with Crippen molar-refractivity contribution in [1.29, 1.82) is 0 Å². The summed E-state index contributed by atoms with van der Waals surface area (Å²) < 4.78 is 1.89. The zero-order valence-electron chi connectivity index (χ0n) is 8.51. The molecule has 0 bridgehead atoms. The van der Waals surface area contributed by atoms with Gasteiger partial charge in [0.1, 0.15) is 0 Å². The number of rotatable bonds is 3. The van der Waals surface area contributed by atoms with Gasteiger partial charge in [0, 0.05) is 18.9 Å². The summed E-state index contributed by atoms with van der Waals surface area (Å²) in [7, 11) is 0. The van der Waals surface area contributed by atoms with Crippen LogP contribution in [0.5, 0.6) is 0 Å².